The third-order valence-electron chi connectivity index (χ3n) is 4.49. The molecule has 134 valence electrons. The van der Waals surface area contributed by atoms with Crippen molar-refractivity contribution in [2.75, 3.05) is 18.9 Å². The molecule has 0 bridgehead atoms. The Morgan fingerprint density at radius 1 is 1.40 bits per heavy atom. The van der Waals surface area contributed by atoms with Crippen LogP contribution in [-0.4, -0.2) is 45.7 Å². The molecule has 1 aliphatic heterocycles. The molecule has 0 aromatic carbocycles. The lowest BCUT2D eigenvalue weighted by atomic mass is 10.2. The molecule has 1 saturated heterocycles. The Labute approximate surface area is 155 Å². The maximum Gasteiger partial charge on any atom is 0.230 e. The number of carbonyl (C=O) groups excluding carboxylic acids is 1. The minimum atomic E-state index is 0.0706. The van der Waals surface area contributed by atoms with Crippen molar-refractivity contribution in [3.05, 3.63) is 17.5 Å². The first-order chi connectivity index (χ1) is 12.3. The van der Waals surface area contributed by atoms with Gasteiger partial charge >= 0.3 is 0 Å². The van der Waals surface area contributed by atoms with Gasteiger partial charge in [0.2, 0.25) is 5.91 Å². The Bertz CT molecular complexity index is 706. The number of aromatic nitrogens is 3. The van der Waals surface area contributed by atoms with E-state index in [2.05, 4.69) is 26.1 Å². The summed E-state index contributed by atoms with van der Waals surface area (Å²) in [6.07, 6.45) is 4.86. The van der Waals surface area contributed by atoms with Crippen LogP contribution in [0.15, 0.2) is 22.7 Å². The van der Waals surface area contributed by atoms with Gasteiger partial charge in [0.1, 0.15) is 0 Å². The molecule has 1 aliphatic carbocycles. The number of amides is 1. The van der Waals surface area contributed by atoms with Gasteiger partial charge in [-0.3, -0.25) is 9.36 Å². The lowest BCUT2D eigenvalue weighted by Crippen LogP contribution is -2.27. The average molecular weight is 379 g/mol. The topological polar surface area (TPSA) is 69.0 Å². The normalized spacial score (nSPS) is 20.1. The number of ether oxygens (including phenoxy) is 1. The zero-order chi connectivity index (χ0) is 17.1. The average Bonchev–Trinajstić information content (AvgIpc) is 3.03. The van der Waals surface area contributed by atoms with Crippen molar-refractivity contribution in [3.63, 3.8) is 0 Å². The van der Waals surface area contributed by atoms with Gasteiger partial charge in [-0.1, -0.05) is 17.8 Å². The van der Waals surface area contributed by atoms with Crippen LogP contribution >= 0.6 is 23.1 Å². The summed E-state index contributed by atoms with van der Waals surface area (Å²) in [6.45, 7) is 2.38. The Kier molecular flexibility index (Phi) is 5.38. The summed E-state index contributed by atoms with van der Waals surface area (Å²) >= 11 is 3.11. The molecule has 2 aromatic heterocycles. The van der Waals surface area contributed by atoms with Crippen LogP contribution in [0.25, 0.3) is 10.7 Å². The second-order valence-electron chi connectivity index (χ2n) is 6.57. The van der Waals surface area contributed by atoms with Crippen molar-refractivity contribution >= 4 is 29.0 Å². The van der Waals surface area contributed by atoms with Crippen LogP contribution in [0, 0.1) is 5.92 Å². The van der Waals surface area contributed by atoms with E-state index in [1.165, 1.54) is 24.6 Å². The quantitative estimate of drug-likeness (QED) is 0.716. The number of thiophene rings is 1. The van der Waals surface area contributed by atoms with Crippen molar-refractivity contribution in [3.8, 4) is 10.7 Å². The van der Waals surface area contributed by atoms with Crippen LogP contribution in [0.3, 0.4) is 0 Å². The number of rotatable bonds is 8. The monoisotopic (exact) mass is 378 g/mol. The molecule has 8 heteroatoms. The molecular formula is C17H22N4O2S2. The number of nitrogens with one attached hydrogen (secondary N) is 1. The maximum absolute atomic E-state index is 12.0. The minimum absolute atomic E-state index is 0.0706. The van der Waals surface area contributed by atoms with E-state index in [0.717, 1.165) is 48.4 Å². The lowest BCUT2D eigenvalue weighted by Gasteiger charge is -2.14. The molecule has 0 radical (unpaired) electrons. The van der Waals surface area contributed by atoms with E-state index in [0.29, 0.717) is 11.7 Å². The number of hydrogen-bond donors (Lipinski definition) is 1. The van der Waals surface area contributed by atoms with Crippen LogP contribution in [-0.2, 0) is 16.1 Å². The predicted molar refractivity (Wildman–Crippen MR) is 98.8 cm³/mol. The van der Waals surface area contributed by atoms with E-state index < -0.39 is 0 Å². The molecule has 1 saturated carbocycles. The van der Waals surface area contributed by atoms with Crippen molar-refractivity contribution in [1.82, 2.24) is 20.1 Å². The van der Waals surface area contributed by atoms with E-state index in [-0.39, 0.29) is 12.0 Å². The molecule has 0 spiro atoms. The summed E-state index contributed by atoms with van der Waals surface area (Å²) < 4.78 is 7.90. The fourth-order valence-corrected chi connectivity index (χ4v) is 4.40. The number of carbonyl (C=O) groups is 1. The highest BCUT2D eigenvalue weighted by Gasteiger charge is 2.24. The molecule has 4 rings (SSSR count). The Morgan fingerprint density at radius 2 is 2.32 bits per heavy atom. The van der Waals surface area contributed by atoms with Crippen LogP contribution in [0.1, 0.15) is 25.7 Å². The number of nitrogens with zero attached hydrogens (tertiary/aromatic N) is 3. The summed E-state index contributed by atoms with van der Waals surface area (Å²) in [4.78, 5) is 13.1. The summed E-state index contributed by atoms with van der Waals surface area (Å²) in [5.41, 5.74) is 0. The molecule has 25 heavy (non-hydrogen) atoms. The second-order valence-corrected chi connectivity index (χ2v) is 8.46. The first-order valence-corrected chi connectivity index (χ1v) is 10.6. The summed E-state index contributed by atoms with van der Waals surface area (Å²) in [5, 5.41) is 14.6. The van der Waals surface area contributed by atoms with Gasteiger partial charge in [-0.2, -0.15) is 0 Å². The summed E-state index contributed by atoms with van der Waals surface area (Å²) in [6, 6.07) is 4.07. The van der Waals surface area contributed by atoms with Crippen molar-refractivity contribution in [2.24, 2.45) is 5.92 Å². The fourth-order valence-electron chi connectivity index (χ4n) is 2.90. The van der Waals surface area contributed by atoms with Crippen molar-refractivity contribution in [2.45, 2.75) is 43.5 Å². The van der Waals surface area contributed by atoms with Crippen LogP contribution in [0.5, 0.6) is 0 Å². The largest absolute Gasteiger partial charge is 0.376 e. The Balaban J connectivity index is 1.44. The highest BCUT2D eigenvalue weighted by atomic mass is 32.2. The van der Waals surface area contributed by atoms with Gasteiger partial charge in [0, 0.05) is 13.2 Å². The van der Waals surface area contributed by atoms with Gasteiger partial charge in [0.15, 0.2) is 11.0 Å². The van der Waals surface area contributed by atoms with Crippen LogP contribution in [0.2, 0.25) is 0 Å². The molecule has 1 N–H and O–H groups in total. The zero-order valence-corrected chi connectivity index (χ0v) is 15.7. The van der Waals surface area contributed by atoms with Gasteiger partial charge in [0.25, 0.3) is 0 Å². The van der Waals surface area contributed by atoms with E-state index >= 15 is 0 Å². The Morgan fingerprint density at radius 3 is 3.04 bits per heavy atom. The minimum Gasteiger partial charge on any atom is -0.376 e. The first-order valence-electron chi connectivity index (χ1n) is 8.78. The van der Waals surface area contributed by atoms with Gasteiger partial charge < -0.3 is 10.1 Å². The maximum atomic E-state index is 12.0. The molecule has 2 fully saturated rings. The molecule has 1 amide bonds. The van der Waals surface area contributed by atoms with Gasteiger partial charge in [0.05, 0.1) is 23.3 Å². The highest BCUT2D eigenvalue weighted by molar-refractivity contribution is 7.99. The van der Waals surface area contributed by atoms with E-state index in [9.17, 15) is 4.79 Å². The highest BCUT2D eigenvalue weighted by Crippen LogP contribution is 2.29. The second kappa shape index (κ2) is 7.88. The van der Waals surface area contributed by atoms with Crippen LogP contribution in [0.4, 0.5) is 0 Å². The summed E-state index contributed by atoms with van der Waals surface area (Å²) in [7, 11) is 0. The molecule has 1 atom stereocenters. The molecular weight excluding hydrogens is 356 g/mol. The summed E-state index contributed by atoms with van der Waals surface area (Å²) in [5.74, 6) is 2.01. The van der Waals surface area contributed by atoms with E-state index in [1.807, 2.05) is 11.4 Å². The third kappa shape index (κ3) is 4.43. The lowest BCUT2D eigenvalue weighted by molar-refractivity contribution is -0.118. The van der Waals surface area contributed by atoms with Crippen LogP contribution < -0.4 is 5.32 Å². The third-order valence-corrected chi connectivity index (χ3v) is 6.32. The number of thioether (sulfide) groups is 1. The van der Waals surface area contributed by atoms with E-state index in [1.54, 1.807) is 11.3 Å². The fraction of sp³-hybridized carbons (Fsp3) is 0.588. The molecule has 6 nitrogen and oxygen atoms in total. The molecule has 2 aliphatic rings. The van der Waals surface area contributed by atoms with Crippen molar-refractivity contribution < 1.29 is 9.53 Å². The predicted octanol–water partition coefficient (Wildman–Crippen LogP) is 2.80. The van der Waals surface area contributed by atoms with Gasteiger partial charge in [-0.25, -0.2) is 0 Å². The number of hydrogen-bond acceptors (Lipinski definition) is 6. The Hall–Kier alpha value is -1.38. The molecule has 1 unspecified atom stereocenters. The van der Waals surface area contributed by atoms with Gasteiger partial charge in [-0.05, 0) is 43.0 Å². The zero-order valence-electron chi connectivity index (χ0n) is 14.0. The van der Waals surface area contributed by atoms with Crippen molar-refractivity contribution in [1.29, 1.82) is 0 Å². The van der Waals surface area contributed by atoms with Gasteiger partial charge in [-0.15, -0.1) is 21.5 Å². The smallest absolute Gasteiger partial charge is 0.230 e. The van der Waals surface area contributed by atoms with E-state index in [4.69, 9.17) is 4.74 Å². The SMILES string of the molecule is O=C(CSc1nnc(-c2cccs2)n1CC1CCCO1)NCC1CC1. The standard InChI is InChI=1S/C17H22N4O2S2/c22-15(18-9-12-5-6-12)11-25-17-20-19-16(14-4-2-8-24-14)21(17)10-13-3-1-7-23-13/h2,4,8,12-13H,1,3,5-7,9-11H2,(H,18,22). The molecule has 2 aromatic rings. The molecule has 3 heterocycles. The first kappa shape index (κ1) is 17.1.